The molecule has 4 rings (SSSR count). The molecule has 210 valence electrons. The number of pyridine rings is 1. The van der Waals surface area contributed by atoms with Gasteiger partial charge in [-0.15, -0.1) is 0 Å². The number of halogens is 2. The van der Waals surface area contributed by atoms with Crippen LogP contribution in [0.3, 0.4) is 0 Å². The number of ether oxygens (including phenoxy) is 3. The van der Waals surface area contributed by atoms with Gasteiger partial charge in [-0.25, -0.2) is 9.78 Å². The van der Waals surface area contributed by atoms with E-state index >= 15 is 0 Å². The van der Waals surface area contributed by atoms with Crippen molar-refractivity contribution in [3.63, 3.8) is 0 Å². The highest BCUT2D eigenvalue weighted by Gasteiger charge is 2.35. The van der Waals surface area contributed by atoms with Crippen LogP contribution in [-0.2, 0) is 22.6 Å². The van der Waals surface area contributed by atoms with Crippen LogP contribution in [0.25, 0.3) is 22.2 Å². The van der Waals surface area contributed by atoms with Crippen molar-refractivity contribution in [2.24, 2.45) is 7.05 Å². The van der Waals surface area contributed by atoms with Gasteiger partial charge >= 0.3 is 6.09 Å². The number of nitrogens with zero attached hydrogens (tertiary/aromatic N) is 3. The van der Waals surface area contributed by atoms with E-state index in [1.807, 2.05) is 0 Å². The number of benzene rings is 1. The van der Waals surface area contributed by atoms with E-state index in [0.717, 1.165) is 0 Å². The van der Waals surface area contributed by atoms with E-state index < -0.39 is 40.1 Å². The van der Waals surface area contributed by atoms with Crippen LogP contribution in [-0.4, -0.2) is 68.2 Å². The van der Waals surface area contributed by atoms with Gasteiger partial charge in [0.2, 0.25) is 5.95 Å². The van der Waals surface area contributed by atoms with Crippen LogP contribution in [0, 0.1) is 0 Å². The Balaban J connectivity index is 1.68. The first kappa shape index (κ1) is 28.9. The van der Waals surface area contributed by atoms with Crippen LogP contribution in [0.1, 0.15) is 20.8 Å². The Morgan fingerprint density at radius 2 is 1.72 bits per heavy atom. The second kappa shape index (κ2) is 11.2. The molecular weight excluding hydrogens is 569 g/mol. The van der Waals surface area contributed by atoms with Crippen molar-refractivity contribution in [1.82, 2.24) is 19.9 Å². The number of carbonyl (C=O) groups excluding carboxylic acids is 1. The van der Waals surface area contributed by atoms with Crippen LogP contribution < -0.4 is 25.7 Å². The fraction of sp³-hybridized carbons (Fsp3) is 0.440. The lowest BCUT2D eigenvalue weighted by atomic mass is 10.0. The van der Waals surface area contributed by atoms with Gasteiger partial charge in [-0.3, -0.25) is 13.6 Å². The van der Waals surface area contributed by atoms with Gasteiger partial charge in [0.15, 0.2) is 0 Å². The molecule has 3 unspecified atom stereocenters. The Morgan fingerprint density at radius 3 is 2.31 bits per heavy atom. The summed E-state index contributed by atoms with van der Waals surface area (Å²) in [6, 6.07) is 2.28. The van der Waals surface area contributed by atoms with E-state index in [-0.39, 0.29) is 38.6 Å². The van der Waals surface area contributed by atoms with Gasteiger partial charge in [-0.05, 0) is 26.8 Å². The van der Waals surface area contributed by atoms with Crippen LogP contribution >= 0.6 is 23.2 Å². The molecular formula is C25H29Cl2N5O6S. The number of carbonyl (C=O) groups is 1. The summed E-state index contributed by atoms with van der Waals surface area (Å²) in [6.45, 7) is 5.29. The van der Waals surface area contributed by atoms with Crippen molar-refractivity contribution >= 4 is 57.1 Å². The molecule has 1 aliphatic heterocycles. The third-order valence-corrected chi connectivity index (χ3v) is 8.24. The van der Waals surface area contributed by atoms with Gasteiger partial charge in [0.05, 0.1) is 41.9 Å². The summed E-state index contributed by atoms with van der Waals surface area (Å²) in [6.07, 6.45) is 0.953. The standard InChI is InChI=1S/C25H29Cl2N5O6S/c1-25(2,3)38-24(34)30-15-11-39(35)10-14(15)29-23-28-9-12-7-13(22(33)32(4)21(12)31-23)18-19(26)16(36-5)8-17(37-6)20(18)27/h7-9,14-15H,10-11H2,1-6H3,(H,30,34)(H,28,29,31). The first-order valence-electron chi connectivity index (χ1n) is 11.9. The third kappa shape index (κ3) is 6.07. The second-order valence-electron chi connectivity index (χ2n) is 9.96. The van der Waals surface area contributed by atoms with E-state index in [1.165, 1.54) is 18.8 Å². The van der Waals surface area contributed by atoms with Gasteiger partial charge in [0, 0.05) is 52.6 Å². The number of fused-ring (bicyclic) bond motifs is 1. The maximum atomic E-state index is 13.5. The van der Waals surface area contributed by atoms with Crippen molar-refractivity contribution < 1.29 is 23.2 Å². The van der Waals surface area contributed by atoms with Crippen molar-refractivity contribution in [3.8, 4) is 22.6 Å². The molecule has 14 heteroatoms. The van der Waals surface area contributed by atoms with Crippen LogP contribution in [0.15, 0.2) is 23.1 Å². The van der Waals surface area contributed by atoms with Gasteiger partial charge < -0.3 is 24.8 Å². The molecule has 3 heterocycles. The number of amides is 1. The monoisotopic (exact) mass is 597 g/mol. The van der Waals surface area contributed by atoms with Crippen LogP contribution in [0.5, 0.6) is 11.5 Å². The lowest BCUT2D eigenvalue weighted by Gasteiger charge is -2.24. The average molecular weight is 599 g/mol. The highest BCUT2D eigenvalue weighted by Crippen LogP contribution is 2.45. The molecule has 0 spiro atoms. The Hall–Kier alpha value is -3.09. The summed E-state index contributed by atoms with van der Waals surface area (Å²) in [5.41, 5.74) is -0.241. The minimum absolute atomic E-state index is 0.164. The first-order valence-corrected chi connectivity index (χ1v) is 14.2. The Bertz CT molecular complexity index is 1500. The van der Waals surface area contributed by atoms with Crippen molar-refractivity contribution in [2.45, 2.75) is 38.5 Å². The molecule has 0 bridgehead atoms. The van der Waals surface area contributed by atoms with E-state index in [1.54, 1.807) is 46.1 Å². The molecule has 1 amide bonds. The number of rotatable bonds is 6. The molecule has 0 radical (unpaired) electrons. The van der Waals surface area contributed by atoms with E-state index in [9.17, 15) is 13.8 Å². The number of aromatic nitrogens is 3. The number of hydrogen-bond acceptors (Lipinski definition) is 9. The number of aryl methyl sites for hydroxylation is 1. The first-order chi connectivity index (χ1) is 18.3. The molecule has 1 aliphatic rings. The Morgan fingerprint density at radius 1 is 1.10 bits per heavy atom. The molecule has 39 heavy (non-hydrogen) atoms. The molecule has 1 aromatic carbocycles. The zero-order valence-electron chi connectivity index (χ0n) is 22.3. The topological polar surface area (TPSA) is 134 Å². The molecule has 0 saturated carbocycles. The highest BCUT2D eigenvalue weighted by molar-refractivity contribution is 7.85. The summed E-state index contributed by atoms with van der Waals surface area (Å²) in [5, 5.41) is 6.80. The fourth-order valence-electron chi connectivity index (χ4n) is 4.23. The lowest BCUT2D eigenvalue weighted by Crippen LogP contribution is -2.47. The van der Waals surface area contributed by atoms with E-state index in [0.29, 0.717) is 22.5 Å². The molecule has 11 nitrogen and oxygen atoms in total. The molecule has 0 aliphatic carbocycles. The normalized spacial score (nSPS) is 19.1. The number of hydrogen-bond donors (Lipinski definition) is 2. The van der Waals surface area contributed by atoms with Gasteiger partial charge in [0.1, 0.15) is 22.7 Å². The maximum absolute atomic E-state index is 13.5. The number of methoxy groups -OCH3 is 2. The zero-order chi connectivity index (χ0) is 28.6. The predicted molar refractivity (Wildman–Crippen MR) is 152 cm³/mol. The Kier molecular flexibility index (Phi) is 8.29. The highest BCUT2D eigenvalue weighted by atomic mass is 35.5. The van der Waals surface area contributed by atoms with E-state index in [4.69, 9.17) is 37.4 Å². The summed E-state index contributed by atoms with van der Waals surface area (Å²) < 4.78 is 29.7. The van der Waals surface area contributed by atoms with Gasteiger partial charge in [0.25, 0.3) is 5.56 Å². The zero-order valence-corrected chi connectivity index (χ0v) is 24.6. The summed E-state index contributed by atoms with van der Waals surface area (Å²) in [7, 11) is 3.32. The average Bonchev–Trinajstić information content (AvgIpc) is 3.19. The van der Waals surface area contributed by atoms with Crippen molar-refractivity contribution in [3.05, 3.63) is 38.7 Å². The number of alkyl carbamates (subject to hydrolysis) is 1. The van der Waals surface area contributed by atoms with Crippen LogP contribution in [0.4, 0.5) is 10.7 Å². The summed E-state index contributed by atoms with van der Waals surface area (Å²) >= 11 is 13.1. The molecule has 1 fully saturated rings. The number of anilines is 1. The molecule has 1 saturated heterocycles. The molecule has 2 aromatic heterocycles. The SMILES string of the molecule is COc1cc(OC)c(Cl)c(-c2cc3cnc(NC4CS(=O)CC4NC(=O)OC(C)(C)C)nc3n(C)c2=O)c1Cl. The third-order valence-electron chi connectivity index (χ3n) is 6.02. The predicted octanol–water partition coefficient (Wildman–Crippen LogP) is 3.76. The Labute approximate surface area is 237 Å². The fourth-order valence-corrected chi connectivity index (χ4v) is 6.50. The largest absolute Gasteiger partial charge is 0.495 e. The van der Waals surface area contributed by atoms with E-state index in [2.05, 4.69) is 20.6 Å². The summed E-state index contributed by atoms with van der Waals surface area (Å²) in [4.78, 5) is 34.7. The number of nitrogens with one attached hydrogen (secondary N) is 2. The van der Waals surface area contributed by atoms with Gasteiger partial charge in [-0.2, -0.15) is 4.98 Å². The molecule has 3 aromatic rings. The van der Waals surface area contributed by atoms with Crippen LogP contribution in [0.2, 0.25) is 10.0 Å². The lowest BCUT2D eigenvalue weighted by molar-refractivity contribution is 0.0507. The minimum Gasteiger partial charge on any atom is -0.495 e. The van der Waals surface area contributed by atoms with Gasteiger partial charge in [-0.1, -0.05) is 23.2 Å². The van der Waals surface area contributed by atoms with Crippen molar-refractivity contribution in [1.29, 1.82) is 0 Å². The second-order valence-corrected chi connectivity index (χ2v) is 12.3. The maximum Gasteiger partial charge on any atom is 0.407 e. The minimum atomic E-state index is -1.16. The van der Waals surface area contributed by atoms with Crippen molar-refractivity contribution in [2.75, 3.05) is 31.0 Å². The quantitative estimate of drug-likeness (QED) is 0.435. The summed E-state index contributed by atoms with van der Waals surface area (Å²) in [5.74, 6) is 1.36. The molecule has 3 atom stereocenters. The molecule has 2 N–H and O–H groups in total. The smallest absolute Gasteiger partial charge is 0.407 e.